The highest BCUT2D eigenvalue weighted by Gasteiger charge is 2.60. The topological polar surface area (TPSA) is 74.6 Å². The molecule has 2 aliphatic carbocycles. The third kappa shape index (κ3) is 3.85. The molecule has 2 amide bonds. The highest BCUT2D eigenvalue weighted by molar-refractivity contribution is 6.32. The summed E-state index contributed by atoms with van der Waals surface area (Å²) in [7, 11) is 2.11. The number of rotatable bonds is 4. The lowest BCUT2D eigenvalue weighted by Crippen LogP contribution is -2.54. The van der Waals surface area contributed by atoms with Crippen LogP contribution in [0.2, 0.25) is 5.02 Å². The summed E-state index contributed by atoms with van der Waals surface area (Å²) in [6.07, 6.45) is 5.29. The molecule has 2 atom stereocenters. The molecule has 35 heavy (non-hydrogen) atoms. The lowest BCUT2D eigenvalue weighted by Gasteiger charge is -2.45. The standard InChI is InChI=1S/C26H33ClN6O2/c1-17-23(28-29-33(17)22-7-6-19(14-21(22)27)18-4-5-18)24(34)32-15-20-8-9-26(20,16-32)25(35)31-11-3-10-30(2)12-13-31/h6-7,14,18,20H,3-5,8-13,15-16H2,1-2H3. The largest absolute Gasteiger partial charge is 0.341 e. The van der Waals surface area contributed by atoms with E-state index in [0.717, 1.165) is 51.1 Å². The molecular weight excluding hydrogens is 464 g/mol. The van der Waals surface area contributed by atoms with Gasteiger partial charge in [-0.25, -0.2) is 4.68 Å². The quantitative estimate of drug-likeness (QED) is 0.650. The molecule has 186 valence electrons. The van der Waals surface area contributed by atoms with Crippen LogP contribution in [0.5, 0.6) is 0 Å². The number of nitrogens with zero attached hydrogens (tertiary/aromatic N) is 6. The van der Waals surface area contributed by atoms with Crippen molar-refractivity contribution in [3.63, 3.8) is 0 Å². The SMILES string of the molecule is Cc1c(C(=O)N2CC3CCC3(C(=O)N3CCCN(C)CC3)C2)nnn1-c1ccc(C2CC2)cc1Cl. The first kappa shape index (κ1) is 23.0. The van der Waals surface area contributed by atoms with Gasteiger partial charge in [0.2, 0.25) is 5.91 Å². The van der Waals surface area contributed by atoms with Crippen LogP contribution in [-0.4, -0.2) is 87.8 Å². The fourth-order valence-corrected chi connectivity index (χ4v) is 6.45. The predicted molar refractivity (Wildman–Crippen MR) is 133 cm³/mol. The van der Waals surface area contributed by atoms with Crippen LogP contribution in [0, 0.1) is 18.3 Å². The van der Waals surface area contributed by atoms with Gasteiger partial charge in [-0.1, -0.05) is 22.9 Å². The number of likely N-dealkylation sites (tertiary alicyclic amines) is 1. The van der Waals surface area contributed by atoms with E-state index in [4.69, 9.17) is 11.6 Å². The Labute approximate surface area is 211 Å². The van der Waals surface area contributed by atoms with Gasteiger partial charge in [-0.3, -0.25) is 9.59 Å². The monoisotopic (exact) mass is 496 g/mol. The summed E-state index contributed by atoms with van der Waals surface area (Å²) in [5.41, 5.74) is 2.58. The molecule has 0 N–H and O–H groups in total. The fraction of sp³-hybridized carbons (Fsp3) is 0.615. The molecule has 0 radical (unpaired) electrons. The Morgan fingerprint density at radius 2 is 1.91 bits per heavy atom. The molecule has 0 spiro atoms. The summed E-state index contributed by atoms with van der Waals surface area (Å²) < 4.78 is 1.66. The third-order valence-electron chi connectivity index (χ3n) is 8.70. The summed E-state index contributed by atoms with van der Waals surface area (Å²) in [5, 5.41) is 9.16. The molecule has 9 heteroatoms. The van der Waals surface area contributed by atoms with E-state index >= 15 is 0 Å². The molecule has 4 aliphatic rings. The third-order valence-corrected chi connectivity index (χ3v) is 9.00. The van der Waals surface area contributed by atoms with Crippen molar-refractivity contribution in [3.8, 4) is 5.69 Å². The zero-order chi connectivity index (χ0) is 24.3. The molecule has 2 aliphatic heterocycles. The minimum Gasteiger partial charge on any atom is -0.341 e. The van der Waals surface area contributed by atoms with E-state index in [1.54, 1.807) is 4.68 Å². The second-order valence-corrected chi connectivity index (χ2v) is 11.4. The summed E-state index contributed by atoms with van der Waals surface area (Å²) in [5.74, 6) is 0.949. The predicted octanol–water partition coefficient (Wildman–Crippen LogP) is 3.12. The minimum atomic E-state index is -0.426. The number of benzene rings is 1. The number of aromatic nitrogens is 3. The first-order valence-electron chi connectivity index (χ1n) is 12.9. The number of hydrogen-bond donors (Lipinski definition) is 0. The van der Waals surface area contributed by atoms with Crippen LogP contribution in [0.1, 0.15) is 59.8 Å². The van der Waals surface area contributed by atoms with Gasteiger partial charge in [0.15, 0.2) is 5.69 Å². The number of hydrogen-bond acceptors (Lipinski definition) is 5. The van der Waals surface area contributed by atoms with Gasteiger partial charge in [-0.05, 0) is 82.2 Å². The Hall–Kier alpha value is -2.45. The Bertz CT molecular complexity index is 1180. The van der Waals surface area contributed by atoms with Gasteiger partial charge in [0.25, 0.3) is 5.91 Å². The lowest BCUT2D eigenvalue weighted by molar-refractivity contribution is -0.149. The molecule has 1 aromatic carbocycles. The number of carbonyl (C=O) groups excluding carboxylic acids is 2. The average Bonchev–Trinajstić information content (AvgIpc) is 3.60. The molecule has 2 saturated carbocycles. The summed E-state index contributed by atoms with van der Waals surface area (Å²) >= 11 is 6.59. The number of carbonyl (C=O) groups is 2. The first-order valence-corrected chi connectivity index (χ1v) is 13.2. The lowest BCUT2D eigenvalue weighted by atomic mass is 9.61. The molecule has 2 unspecified atom stereocenters. The van der Waals surface area contributed by atoms with E-state index in [9.17, 15) is 9.59 Å². The summed E-state index contributed by atoms with van der Waals surface area (Å²) in [6.45, 7) is 6.45. The van der Waals surface area contributed by atoms with Gasteiger partial charge in [-0.2, -0.15) is 0 Å². The van der Waals surface area contributed by atoms with Gasteiger partial charge >= 0.3 is 0 Å². The summed E-state index contributed by atoms with van der Waals surface area (Å²) in [6, 6.07) is 6.06. The highest BCUT2D eigenvalue weighted by atomic mass is 35.5. The average molecular weight is 497 g/mol. The normalized spacial score (nSPS) is 26.9. The van der Waals surface area contributed by atoms with Crippen molar-refractivity contribution in [2.24, 2.45) is 11.3 Å². The molecule has 8 nitrogen and oxygen atoms in total. The molecule has 6 rings (SSSR count). The van der Waals surface area contributed by atoms with Gasteiger partial charge in [0.1, 0.15) is 0 Å². The molecule has 2 saturated heterocycles. The maximum Gasteiger partial charge on any atom is 0.276 e. The van der Waals surface area contributed by atoms with E-state index < -0.39 is 5.41 Å². The Morgan fingerprint density at radius 1 is 1.09 bits per heavy atom. The Balaban J connectivity index is 1.20. The zero-order valence-corrected chi connectivity index (χ0v) is 21.3. The van der Waals surface area contributed by atoms with E-state index in [0.29, 0.717) is 35.4 Å². The maximum atomic E-state index is 13.6. The van der Waals surface area contributed by atoms with E-state index in [1.165, 1.54) is 18.4 Å². The maximum absolute atomic E-state index is 13.6. The smallest absolute Gasteiger partial charge is 0.276 e. The van der Waals surface area contributed by atoms with Crippen molar-refractivity contribution in [2.45, 2.75) is 44.9 Å². The second kappa shape index (κ2) is 8.59. The van der Waals surface area contributed by atoms with Crippen LogP contribution < -0.4 is 0 Å². The van der Waals surface area contributed by atoms with Crippen molar-refractivity contribution >= 4 is 23.4 Å². The van der Waals surface area contributed by atoms with E-state index in [1.807, 2.05) is 28.9 Å². The highest BCUT2D eigenvalue weighted by Crippen LogP contribution is 2.53. The molecule has 1 aromatic heterocycles. The van der Waals surface area contributed by atoms with Crippen LogP contribution >= 0.6 is 11.6 Å². The molecule has 0 bridgehead atoms. The van der Waals surface area contributed by atoms with Crippen LogP contribution in [0.4, 0.5) is 0 Å². The van der Waals surface area contributed by atoms with Crippen molar-refractivity contribution < 1.29 is 9.59 Å². The van der Waals surface area contributed by atoms with Gasteiger partial charge in [-0.15, -0.1) is 5.10 Å². The van der Waals surface area contributed by atoms with Gasteiger partial charge in [0.05, 0.1) is 21.8 Å². The van der Waals surface area contributed by atoms with Crippen LogP contribution in [-0.2, 0) is 4.79 Å². The van der Waals surface area contributed by atoms with Crippen molar-refractivity contribution in [1.82, 2.24) is 29.7 Å². The molecular formula is C26H33ClN6O2. The number of likely N-dealkylation sites (N-methyl/N-ethyl adjacent to an activating group) is 1. The minimum absolute atomic E-state index is 0.142. The van der Waals surface area contributed by atoms with Gasteiger partial charge in [0, 0.05) is 32.7 Å². The number of amides is 2. The fourth-order valence-electron chi connectivity index (χ4n) is 6.18. The van der Waals surface area contributed by atoms with Crippen LogP contribution in [0.25, 0.3) is 5.69 Å². The molecule has 4 fully saturated rings. The number of fused-ring (bicyclic) bond motifs is 1. The van der Waals surface area contributed by atoms with Gasteiger partial charge < -0.3 is 14.7 Å². The second-order valence-electron chi connectivity index (χ2n) is 10.9. The Morgan fingerprint density at radius 3 is 2.63 bits per heavy atom. The van der Waals surface area contributed by atoms with Crippen LogP contribution in [0.15, 0.2) is 18.2 Å². The van der Waals surface area contributed by atoms with Crippen molar-refractivity contribution in [3.05, 3.63) is 40.2 Å². The van der Waals surface area contributed by atoms with Crippen molar-refractivity contribution in [2.75, 3.05) is 46.3 Å². The molecule has 3 heterocycles. The van der Waals surface area contributed by atoms with E-state index in [2.05, 4.69) is 28.3 Å². The molecule has 2 aromatic rings. The van der Waals surface area contributed by atoms with E-state index in [-0.39, 0.29) is 17.7 Å². The number of halogens is 1. The van der Waals surface area contributed by atoms with Crippen molar-refractivity contribution in [1.29, 1.82) is 0 Å². The Kier molecular flexibility index (Phi) is 5.64. The van der Waals surface area contributed by atoms with Crippen LogP contribution in [0.3, 0.4) is 0 Å². The first-order chi connectivity index (χ1) is 16.9. The summed E-state index contributed by atoms with van der Waals surface area (Å²) in [4.78, 5) is 33.4. The zero-order valence-electron chi connectivity index (χ0n) is 20.5.